The molecule has 0 aromatic carbocycles. The molecule has 1 aromatic heterocycles. The summed E-state index contributed by atoms with van der Waals surface area (Å²) in [5.41, 5.74) is 1.44. The summed E-state index contributed by atoms with van der Waals surface area (Å²) >= 11 is 0. The van der Waals surface area contributed by atoms with E-state index < -0.39 is 0 Å². The number of rotatable bonds is 1. The van der Waals surface area contributed by atoms with E-state index in [-0.39, 0.29) is 22.4 Å². The van der Waals surface area contributed by atoms with Gasteiger partial charge in [0.1, 0.15) is 0 Å². The van der Waals surface area contributed by atoms with Gasteiger partial charge in [-0.2, -0.15) is 0 Å². The Hall–Kier alpha value is -1.12. The van der Waals surface area contributed by atoms with Crippen LogP contribution in [0.4, 0.5) is 0 Å². The van der Waals surface area contributed by atoms with Crippen LogP contribution in [-0.2, 0) is 11.0 Å². The van der Waals surface area contributed by atoms with Crippen LogP contribution in [0.3, 0.4) is 0 Å². The van der Waals surface area contributed by atoms with E-state index in [1.54, 1.807) is 10.9 Å². The molecule has 0 saturated heterocycles. The topological polar surface area (TPSA) is 34.9 Å². The van der Waals surface area contributed by atoms with E-state index >= 15 is 0 Å². The van der Waals surface area contributed by atoms with Crippen molar-refractivity contribution in [1.82, 2.24) is 9.55 Å². The molecule has 0 unspecified atom stereocenters. The molecule has 0 fully saturated rings. The maximum atomic E-state index is 12.7. The Morgan fingerprint density at radius 2 is 1.61 bits per heavy atom. The highest BCUT2D eigenvalue weighted by Gasteiger charge is 2.27. The maximum absolute atomic E-state index is 12.7. The summed E-state index contributed by atoms with van der Waals surface area (Å²) in [4.78, 5) is 17.2. The minimum Gasteiger partial charge on any atom is -0.294 e. The first-order chi connectivity index (χ1) is 7.96. The number of hydrogen-bond donors (Lipinski definition) is 0. The Morgan fingerprint density at radius 3 is 1.94 bits per heavy atom. The van der Waals surface area contributed by atoms with E-state index in [4.69, 9.17) is 0 Å². The summed E-state index contributed by atoms with van der Waals surface area (Å²) < 4.78 is 1.74. The van der Waals surface area contributed by atoms with Gasteiger partial charge in [-0.15, -0.1) is 0 Å². The van der Waals surface area contributed by atoms with E-state index in [1.807, 2.05) is 20.8 Å². The quantitative estimate of drug-likeness (QED) is 0.765. The Morgan fingerprint density at radius 1 is 1.11 bits per heavy atom. The molecule has 0 saturated carbocycles. The highest BCUT2D eigenvalue weighted by molar-refractivity contribution is 5.27. The minimum atomic E-state index is -0.237. The molecular weight excluding hydrogens is 224 g/mol. The van der Waals surface area contributed by atoms with E-state index in [9.17, 15) is 4.79 Å². The van der Waals surface area contributed by atoms with Crippen molar-refractivity contribution in [2.24, 2.45) is 0 Å². The first-order valence-electron chi connectivity index (χ1n) is 6.58. The molecule has 18 heavy (non-hydrogen) atoms. The van der Waals surface area contributed by atoms with Crippen molar-refractivity contribution in [1.29, 1.82) is 0 Å². The molecule has 1 aromatic rings. The average molecular weight is 250 g/mol. The zero-order valence-corrected chi connectivity index (χ0v) is 13.0. The van der Waals surface area contributed by atoms with Gasteiger partial charge in [-0.05, 0) is 32.1 Å². The summed E-state index contributed by atoms with van der Waals surface area (Å²) in [6, 6.07) is 0. The molecule has 1 heterocycles. The van der Waals surface area contributed by atoms with Gasteiger partial charge in [0.2, 0.25) is 0 Å². The van der Waals surface area contributed by atoms with Gasteiger partial charge in [-0.1, -0.05) is 34.6 Å². The molecule has 1 rings (SSSR count). The zero-order valence-electron chi connectivity index (χ0n) is 13.0. The lowest BCUT2D eigenvalue weighted by Crippen LogP contribution is -2.40. The van der Waals surface area contributed by atoms with Crippen LogP contribution in [0.15, 0.2) is 11.1 Å². The van der Waals surface area contributed by atoms with Crippen LogP contribution in [0, 0.1) is 0 Å². The largest absolute Gasteiger partial charge is 0.294 e. The molecule has 102 valence electrons. The van der Waals surface area contributed by atoms with E-state index in [1.165, 1.54) is 0 Å². The summed E-state index contributed by atoms with van der Waals surface area (Å²) in [7, 11) is 0. The van der Waals surface area contributed by atoms with Crippen molar-refractivity contribution in [2.45, 2.75) is 72.3 Å². The van der Waals surface area contributed by atoms with Gasteiger partial charge in [0.15, 0.2) is 0 Å². The predicted molar refractivity (Wildman–Crippen MR) is 76.3 cm³/mol. The van der Waals surface area contributed by atoms with Crippen LogP contribution in [0.1, 0.15) is 72.6 Å². The van der Waals surface area contributed by atoms with Gasteiger partial charge in [0.25, 0.3) is 5.56 Å². The third-order valence-corrected chi connectivity index (χ3v) is 3.02. The fraction of sp³-hybridized carbons (Fsp3) is 0.733. The molecule has 0 N–H and O–H groups in total. The smallest absolute Gasteiger partial charge is 0.257 e. The Balaban J connectivity index is 3.68. The van der Waals surface area contributed by atoms with Gasteiger partial charge in [-0.3, -0.25) is 9.36 Å². The van der Waals surface area contributed by atoms with Crippen LogP contribution in [0.25, 0.3) is 0 Å². The molecule has 0 aliphatic rings. The fourth-order valence-electron chi connectivity index (χ4n) is 2.09. The lowest BCUT2D eigenvalue weighted by Gasteiger charge is -2.28. The second kappa shape index (κ2) is 4.52. The van der Waals surface area contributed by atoms with E-state index in [0.29, 0.717) is 0 Å². The predicted octanol–water partition coefficient (Wildman–Crippen LogP) is 3.42. The van der Waals surface area contributed by atoms with Gasteiger partial charge in [0, 0.05) is 11.1 Å². The molecule has 0 amide bonds. The molecule has 3 heteroatoms. The highest BCUT2D eigenvalue weighted by Crippen LogP contribution is 2.26. The molecule has 0 bridgehead atoms. The van der Waals surface area contributed by atoms with Crippen LogP contribution in [0.5, 0.6) is 0 Å². The van der Waals surface area contributed by atoms with Gasteiger partial charge in [0.05, 0.1) is 12.0 Å². The third kappa shape index (κ3) is 2.82. The molecule has 3 nitrogen and oxygen atoms in total. The Bertz CT molecular complexity index is 485. The molecule has 0 aliphatic heterocycles. The van der Waals surface area contributed by atoms with E-state index in [0.717, 1.165) is 11.3 Å². The first-order valence-corrected chi connectivity index (χ1v) is 6.58. The number of aromatic nitrogens is 2. The van der Waals surface area contributed by atoms with Crippen molar-refractivity contribution in [3.8, 4) is 0 Å². The molecular formula is C15H26N2O. The van der Waals surface area contributed by atoms with Crippen molar-refractivity contribution < 1.29 is 0 Å². The summed E-state index contributed by atoms with van der Waals surface area (Å²) in [5.74, 6) is 0.265. The highest BCUT2D eigenvalue weighted by atomic mass is 16.1. The first kappa shape index (κ1) is 14.9. The Labute approximate surface area is 110 Å². The second-order valence-corrected chi connectivity index (χ2v) is 7.26. The van der Waals surface area contributed by atoms with Crippen molar-refractivity contribution in [3.63, 3.8) is 0 Å². The Kier molecular flexibility index (Phi) is 3.75. The second-order valence-electron chi connectivity index (χ2n) is 7.26. The minimum absolute atomic E-state index is 0.0914. The zero-order chi connectivity index (χ0) is 14.3. The average Bonchev–Trinajstić information content (AvgIpc) is 2.12. The number of nitrogens with zero attached hydrogens (tertiary/aromatic N) is 2. The summed E-state index contributed by atoms with van der Waals surface area (Å²) in [5, 5.41) is 0. The standard InChI is InChI=1S/C15H26N2O/c1-10(2)12-11(14(3,4)5)13(18)17(9-16-12)15(6,7)8/h9-10H,1-8H3. The normalized spacial score (nSPS) is 13.2. The summed E-state index contributed by atoms with van der Waals surface area (Å²) in [6.07, 6.45) is 1.69. The van der Waals surface area contributed by atoms with Crippen LogP contribution in [-0.4, -0.2) is 9.55 Å². The van der Waals surface area contributed by atoms with E-state index in [2.05, 4.69) is 39.6 Å². The molecule has 0 radical (unpaired) electrons. The SMILES string of the molecule is CC(C)c1ncn(C(C)(C)C)c(=O)c1C(C)(C)C. The van der Waals surface area contributed by atoms with Crippen LogP contribution in [0.2, 0.25) is 0 Å². The van der Waals surface area contributed by atoms with Crippen molar-refractivity contribution in [2.75, 3.05) is 0 Å². The monoisotopic (exact) mass is 250 g/mol. The van der Waals surface area contributed by atoms with Gasteiger partial charge < -0.3 is 0 Å². The fourth-order valence-corrected chi connectivity index (χ4v) is 2.09. The summed E-state index contributed by atoms with van der Waals surface area (Å²) in [6.45, 7) is 16.5. The molecule has 0 aliphatic carbocycles. The van der Waals surface area contributed by atoms with Crippen LogP contribution < -0.4 is 5.56 Å². The van der Waals surface area contributed by atoms with Crippen molar-refractivity contribution in [3.05, 3.63) is 27.9 Å². The molecule has 0 atom stereocenters. The number of hydrogen-bond acceptors (Lipinski definition) is 2. The lowest BCUT2D eigenvalue weighted by atomic mass is 9.84. The molecule has 0 spiro atoms. The van der Waals surface area contributed by atoms with Crippen LogP contribution >= 0.6 is 0 Å². The maximum Gasteiger partial charge on any atom is 0.257 e. The third-order valence-electron chi connectivity index (χ3n) is 3.02. The van der Waals surface area contributed by atoms with Gasteiger partial charge in [-0.25, -0.2) is 4.98 Å². The van der Waals surface area contributed by atoms with Crippen molar-refractivity contribution >= 4 is 0 Å². The lowest BCUT2D eigenvalue weighted by molar-refractivity contribution is 0.369. The van der Waals surface area contributed by atoms with Gasteiger partial charge >= 0.3 is 0 Å².